The lowest BCUT2D eigenvalue weighted by Crippen LogP contribution is -2.43. The third kappa shape index (κ3) is 4.97. The van der Waals surface area contributed by atoms with Gasteiger partial charge in [-0.15, -0.1) is 0 Å². The normalized spacial score (nSPS) is 22.7. The third-order valence-corrected chi connectivity index (χ3v) is 4.33. The number of hydrogen-bond acceptors (Lipinski definition) is 2. The second-order valence-corrected chi connectivity index (χ2v) is 6.07. The first kappa shape index (κ1) is 13.9. The van der Waals surface area contributed by atoms with E-state index in [1.807, 2.05) is 0 Å². The molecule has 0 radical (unpaired) electrons. The fourth-order valence-electron chi connectivity index (χ4n) is 2.91. The molecule has 2 saturated carbocycles. The zero-order valence-electron chi connectivity index (χ0n) is 11.7. The van der Waals surface area contributed by atoms with Crippen LogP contribution < -0.4 is 10.6 Å². The van der Waals surface area contributed by atoms with Gasteiger partial charge in [-0.3, -0.25) is 4.79 Å². The van der Waals surface area contributed by atoms with Gasteiger partial charge in [0.25, 0.3) is 0 Å². The Hall–Kier alpha value is -0.570. The van der Waals surface area contributed by atoms with Crippen LogP contribution in [0.4, 0.5) is 0 Å². The number of amides is 1. The van der Waals surface area contributed by atoms with E-state index in [-0.39, 0.29) is 5.91 Å². The predicted octanol–water partition coefficient (Wildman–Crippen LogP) is 2.60. The number of carbonyl (C=O) groups excluding carboxylic acids is 1. The van der Waals surface area contributed by atoms with Crippen LogP contribution in [0.5, 0.6) is 0 Å². The molecular formula is C15H28N2O. The molecule has 0 saturated heterocycles. The van der Waals surface area contributed by atoms with Crippen molar-refractivity contribution in [1.82, 2.24) is 10.6 Å². The van der Waals surface area contributed by atoms with Gasteiger partial charge in [0.15, 0.2) is 0 Å². The van der Waals surface area contributed by atoms with Crippen LogP contribution in [0.25, 0.3) is 0 Å². The van der Waals surface area contributed by atoms with Gasteiger partial charge in [0, 0.05) is 12.1 Å². The summed E-state index contributed by atoms with van der Waals surface area (Å²) in [6.45, 7) is 2.71. The molecule has 0 aliphatic heterocycles. The van der Waals surface area contributed by atoms with E-state index in [1.54, 1.807) is 0 Å². The van der Waals surface area contributed by atoms with Gasteiger partial charge in [0.1, 0.15) is 0 Å². The van der Waals surface area contributed by atoms with Gasteiger partial charge in [-0.2, -0.15) is 0 Å². The van der Waals surface area contributed by atoms with Gasteiger partial charge in [-0.1, -0.05) is 39.0 Å². The van der Waals surface area contributed by atoms with E-state index >= 15 is 0 Å². The standard InChI is InChI=1S/C15H28N2O/c1-2-13(10-12-8-9-12)16-11-15(18)17-14-6-4-3-5-7-14/h12-14,16H,2-11H2,1H3,(H,17,18). The summed E-state index contributed by atoms with van der Waals surface area (Å²) in [5.74, 6) is 1.13. The van der Waals surface area contributed by atoms with Crippen molar-refractivity contribution in [2.24, 2.45) is 5.92 Å². The molecule has 0 aromatic heterocycles. The Bertz CT molecular complexity index is 257. The van der Waals surface area contributed by atoms with E-state index in [9.17, 15) is 4.79 Å². The van der Waals surface area contributed by atoms with Gasteiger partial charge in [-0.25, -0.2) is 0 Å². The fraction of sp³-hybridized carbons (Fsp3) is 0.933. The quantitative estimate of drug-likeness (QED) is 0.731. The first-order valence-electron chi connectivity index (χ1n) is 7.80. The zero-order valence-corrected chi connectivity index (χ0v) is 11.7. The maximum absolute atomic E-state index is 11.9. The highest BCUT2D eigenvalue weighted by atomic mass is 16.1. The number of rotatable bonds is 7. The molecule has 1 unspecified atom stereocenters. The molecule has 0 aromatic rings. The molecule has 3 heteroatoms. The first-order chi connectivity index (χ1) is 8.78. The highest BCUT2D eigenvalue weighted by Crippen LogP contribution is 2.33. The molecule has 3 nitrogen and oxygen atoms in total. The summed E-state index contributed by atoms with van der Waals surface area (Å²) >= 11 is 0. The third-order valence-electron chi connectivity index (χ3n) is 4.33. The minimum absolute atomic E-state index is 0.191. The lowest BCUT2D eigenvalue weighted by atomic mass is 9.95. The molecule has 2 N–H and O–H groups in total. The first-order valence-corrected chi connectivity index (χ1v) is 7.80. The summed E-state index contributed by atoms with van der Waals surface area (Å²) in [4.78, 5) is 11.9. The SMILES string of the molecule is CCC(CC1CC1)NCC(=O)NC1CCCCC1. The average molecular weight is 252 g/mol. The minimum Gasteiger partial charge on any atom is -0.352 e. The molecule has 2 aliphatic carbocycles. The van der Waals surface area contributed by atoms with Crippen molar-refractivity contribution >= 4 is 5.91 Å². The Balaban J connectivity index is 1.60. The molecule has 18 heavy (non-hydrogen) atoms. The van der Waals surface area contributed by atoms with Crippen molar-refractivity contribution in [2.75, 3.05) is 6.54 Å². The van der Waals surface area contributed by atoms with Crippen LogP contribution in [-0.4, -0.2) is 24.5 Å². The second-order valence-electron chi connectivity index (χ2n) is 6.07. The van der Waals surface area contributed by atoms with Gasteiger partial charge in [0.2, 0.25) is 5.91 Å². The van der Waals surface area contributed by atoms with E-state index < -0.39 is 0 Å². The smallest absolute Gasteiger partial charge is 0.234 e. The number of nitrogens with one attached hydrogen (secondary N) is 2. The van der Waals surface area contributed by atoms with Crippen molar-refractivity contribution in [3.05, 3.63) is 0 Å². The Morgan fingerprint density at radius 3 is 2.50 bits per heavy atom. The zero-order chi connectivity index (χ0) is 12.8. The van der Waals surface area contributed by atoms with Crippen LogP contribution in [0.1, 0.15) is 64.7 Å². The summed E-state index contributed by atoms with van der Waals surface area (Å²) in [7, 11) is 0. The predicted molar refractivity (Wildman–Crippen MR) is 74.4 cm³/mol. The van der Waals surface area contributed by atoms with E-state index in [1.165, 1.54) is 51.4 Å². The maximum Gasteiger partial charge on any atom is 0.234 e. The monoisotopic (exact) mass is 252 g/mol. The molecule has 2 aliphatic rings. The summed E-state index contributed by atoms with van der Waals surface area (Å²) in [5.41, 5.74) is 0. The molecule has 0 spiro atoms. The summed E-state index contributed by atoms with van der Waals surface area (Å²) in [5, 5.41) is 6.58. The van der Waals surface area contributed by atoms with Crippen molar-refractivity contribution in [3.8, 4) is 0 Å². The molecule has 0 aromatic carbocycles. The Morgan fingerprint density at radius 2 is 1.89 bits per heavy atom. The Kier molecular flexibility index (Phi) is 5.48. The van der Waals surface area contributed by atoms with Crippen molar-refractivity contribution in [2.45, 2.75) is 76.8 Å². The van der Waals surface area contributed by atoms with Gasteiger partial charge in [-0.05, 0) is 31.6 Å². The Morgan fingerprint density at radius 1 is 1.17 bits per heavy atom. The Labute approximate surface area is 111 Å². The van der Waals surface area contributed by atoms with Crippen LogP contribution in [-0.2, 0) is 4.79 Å². The van der Waals surface area contributed by atoms with Gasteiger partial charge in [0.05, 0.1) is 6.54 Å². The van der Waals surface area contributed by atoms with Crippen LogP contribution in [0, 0.1) is 5.92 Å². The lowest BCUT2D eigenvalue weighted by molar-refractivity contribution is -0.121. The number of hydrogen-bond donors (Lipinski definition) is 2. The largest absolute Gasteiger partial charge is 0.352 e. The van der Waals surface area contributed by atoms with Gasteiger partial charge < -0.3 is 10.6 Å². The molecule has 2 rings (SSSR count). The minimum atomic E-state index is 0.191. The molecule has 0 heterocycles. The summed E-state index contributed by atoms with van der Waals surface area (Å²) in [6, 6.07) is 0.978. The van der Waals surface area contributed by atoms with E-state index in [4.69, 9.17) is 0 Å². The number of carbonyl (C=O) groups is 1. The van der Waals surface area contributed by atoms with E-state index in [0.717, 1.165) is 12.3 Å². The highest BCUT2D eigenvalue weighted by Gasteiger charge is 2.25. The maximum atomic E-state index is 11.9. The van der Waals surface area contributed by atoms with Crippen LogP contribution in [0.2, 0.25) is 0 Å². The van der Waals surface area contributed by atoms with Crippen molar-refractivity contribution in [3.63, 3.8) is 0 Å². The summed E-state index contributed by atoms with van der Waals surface area (Å²) < 4.78 is 0. The molecular weight excluding hydrogens is 224 g/mol. The van der Waals surface area contributed by atoms with Crippen molar-refractivity contribution < 1.29 is 4.79 Å². The molecule has 1 atom stereocenters. The van der Waals surface area contributed by atoms with Gasteiger partial charge >= 0.3 is 0 Å². The fourth-order valence-corrected chi connectivity index (χ4v) is 2.91. The molecule has 0 bridgehead atoms. The molecule has 104 valence electrons. The van der Waals surface area contributed by atoms with Crippen LogP contribution >= 0.6 is 0 Å². The van der Waals surface area contributed by atoms with Crippen LogP contribution in [0.15, 0.2) is 0 Å². The molecule has 2 fully saturated rings. The highest BCUT2D eigenvalue weighted by molar-refractivity contribution is 5.78. The van der Waals surface area contributed by atoms with E-state index in [2.05, 4.69) is 17.6 Å². The van der Waals surface area contributed by atoms with Crippen LogP contribution in [0.3, 0.4) is 0 Å². The average Bonchev–Trinajstić information content (AvgIpc) is 3.19. The van der Waals surface area contributed by atoms with E-state index in [0.29, 0.717) is 18.6 Å². The second kappa shape index (κ2) is 7.13. The molecule has 1 amide bonds. The lowest BCUT2D eigenvalue weighted by Gasteiger charge is -2.23. The topological polar surface area (TPSA) is 41.1 Å². The summed E-state index contributed by atoms with van der Waals surface area (Å²) in [6.07, 6.45) is 11.4. The van der Waals surface area contributed by atoms with Crippen molar-refractivity contribution in [1.29, 1.82) is 0 Å².